The van der Waals surface area contributed by atoms with Gasteiger partial charge in [0.15, 0.2) is 0 Å². The Labute approximate surface area is 193 Å². The number of thiophene rings is 1. The summed E-state index contributed by atoms with van der Waals surface area (Å²) in [6, 6.07) is 18.1. The summed E-state index contributed by atoms with van der Waals surface area (Å²) >= 11 is 1.45. The lowest BCUT2D eigenvalue weighted by Gasteiger charge is -2.29. The minimum atomic E-state index is -0.524. The number of nitrogens with zero attached hydrogens (tertiary/aromatic N) is 1. The van der Waals surface area contributed by atoms with E-state index in [0.29, 0.717) is 18.0 Å². The highest BCUT2D eigenvalue weighted by atomic mass is 32.1. The van der Waals surface area contributed by atoms with Crippen molar-refractivity contribution in [2.24, 2.45) is 0 Å². The molecule has 0 bridgehead atoms. The lowest BCUT2D eigenvalue weighted by molar-refractivity contribution is 0.0226. The number of benzene rings is 2. The maximum absolute atomic E-state index is 13.0. The van der Waals surface area contributed by atoms with Gasteiger partial charge in [-0.05, 0) is 68.5 Å². The van der Waals surface area contributed by atoms with Gasteiger partial charge in [-0.25, -0.2) is 4.79 Å². The molecule has 2 heterocycles. The van der Waals surface area contributed by atoms with Gasteiger partial charge in [-0.2, -0.15) is 0 Å². The number of hydrogen-bond donors (Lipinski definition) is 1. The van der Waals surface area contributed by atoms with E-state index >= 15 is 0 Å². The summed E-state index contributed by atoms with van der Waals surface area (Å²) in [6.45, 7) is 8.69. The Morgan fingerprint density at radius 2 is 1.81 bits per heavy atom. The molecule has 0 radical (unpaired) electrons. The molecule has 0 unspecified atom stereocenters. The van der Waals surface area contributed by atoms with Gasteiger partial charge in [-0.15, -0.1) is 11.3 Å². The number of carbonyl (C=O) groups is 2. The first-order valence-corrected chi connectivity index (χ1v) is 11.6. The van der Waals surface area contributed by atoms with Gasteiger partial charge in [-0.3, -0.25) is 4.79 Å². The smallest absolute Gasteiger partial charge is 0.410 e. The number of amides is 2. The van der Waals surface area contributed by atoms with E-state index in [1.165, 1.54) is 11.3 Å². The quantitative estimate of drug-likeness (QED) is 0.514. The van der Waals surface area contributed by atoms with E-state index in [2.05, 4.69) is 23.5 Å². The van der Waals surface area contributed by atoms with Crippen molar-refractivity contribution in [3.8, 4) is 11.1 Å². The van der Waals surface area contributed by atoms with E-state index in [9.17, 15) is 9.59 Å². The van der Waals surface area contributed by atoms with Crippen molar-refractivity contribution in [2.75, 3.05) is 11.9 Å². The van der Waals surface area contributed by atoms with E-state index in [1.807, 2.05) is 64.1 Å². The first-order chi connectivity index (χ1) is 15.2. The summed E-state index contributed by atoms with van der Waals surface area (Å²) in [5.41, 5.74) is 4.67. The van der Waals surface area contributed by atoms with Crippen LogP contribution in [0.15, 0.2) is 54.6 Å². The molecule has 0 aliphatic carbocycles. The van der Waals surface area contributed by atoms with Crippen molar-refractivity contribution >= 4 is 29.0 Å². The minimum absolute atomic E-state index is 0.124. The van der Waals surface area contributed by atoms with Crippen molar-refractivity contribution in [1.82, 2.24) is 4.90 Å². The zero-order valence-electron chi connectivity index (χ0n) is 18.9. The molecule has 0 saturated heterocycles. The number of carbonyl (C=O) groups excluding carboxylic acids is 2. The monoisotopic (exact) mass is 448 g/mol. The molecule has 5 nitrogen and oxygen atoms in total. The van der Waals surface area contributed by atoms with Crippen molar-refractivity contribution in [3.05, 3.63) is 75.5 Å². The van der Waals surface area contributed by atoms with E-state index in [0.717, 1.165) is 39.2 Å². The summed E-state index contributed by atoms with van der Waals surface area (Å²) in [7, 11) is 0. The highest BCUT2D eigenvalue weighted by molar-refractivity contribution is 7.14. The zero-order valence-corrected chi connectivity index (χ0v) is 19.7. The fourth-order valence-electron chi connectivity index (χ4n) is 3.80. The number of anilines is 1. The Morgan fingerprint density at radius 3 is 2.53 bits per heavy atom. The molecule has 3 aromatic rings. The van der Waals surface area contributed by atoms with Gasteiger partial charge in [0.05, 0.1) is 11.4 Å². The number of ether oxygens (including phenoxy) is 1. The number of fused-ring (bicyclic) bond motifs is 1. The van der Waals surface area contributed by atoms with Gasteiger partial charge in [0.1, 0.15) is 5.60 Å². The first kappa shape index (κ1) is 22.1. The molecular weight excluding hydrogens is 420 g/mol. The predicted octanol–water partition coefficient (Wildman–Crippen LogP) is 6.27. The highest BCUT2D eigenvalue weighted by Gasteiger charge is 2.28. The fraction of sp³-hybridized carbons (Fsp3) is 0.308. The summed E-state index contributed by atoms with van der Waals surface area (Å²) in [5, 5.41) is 3.08. The van der Waals surface area contributed by atoms with Crippen molar-refractivity contribution in [1.29, 1.82) is 0 Å². The third kappa shape index (κ3) is 4.86. The maximum atomic E-state index is 13.0. The number of nitrogens with one attached hydrogen (secondary N) is 1. The van der Waals surface area contributed by atoms with Gasteiger partial charge in [0.2, 0.25) is 0 Å². The Balaban J connectivity index is 1.49. The van der Waals surface area contributed by atoms with Crippen LogP contribution >= 0.6 is 11.3 Å². The largest absolute Gasteiger partial charge is 0.444 e. The molecule has 2 aromatic carbocycles. The number of hydrogen-bond acceptors (Lipinski definition) is 4. The van der Waals surface area contributed by atoms with Crippen LogP contribution in [-0.4, -0.2) is 29.0 Å². The van der Waals surface area contributed by atoms with Crippen LogP contribution in [0.2, 0.25) is 0 Å². The molecule has 1 N–H and O–H groups in total. The lowest BCUT2D eigenvalue weighted by atomic mass is 9.99. The van der Waals surface area contributed by atoms with Gasteiger partial charge in [-0.1, -0.05) is 42.5 Å². The van der Waals surface area contributed by atoms with E-state index in [1.54, 1.807) is 4.90 Å². The third-order valence-electron chi connectivity index (χ3n) is 5.42. The summed E-state index contributed by atoms with van der Waals surface area (Å²) in [6.07, 6.45) is 0.414. The molecule has 4 rings (SSSR count). The van der Waals surface area contributed by atoms with Gasteiger partial charge in [0.25, 0.3) is 5.91 Å². The molecule has 1 aliphatic heterocycles. The van der Waals surface area contributed by atoms with Gasteiger partial charge >= 0.3 is 6.09 Å². The summed E-state index contributed by atoms with van der Waals surface area (Å²) in [5.74, 6) is -0.124. The van der Waals surface area contributed by atoms with E-state index in [4.69, 9.17) is 4.74 Å². The SMILES string of the molecule is Cc1c(NC(=O)c2cc3c(s2)CN(C(=O)OC(C)(C)C)CC3)cccc1-c1ccccc1. The Bertz CT molecular complexity index is 1150. The van der Waals surface area contributed by atoms with Crippen LogP contribution in [0.5, 0.6) is 0 Å². The molecule has 0 saturated carbocycles. The topological polar surface area (TPSA) is 58.6 Å². The second kappa shape index (κ2) is 8.79. The molecule has 166 valence electrons. The molecule has 1 aliphatic rings. The van der Waals surface area contributed by atoms with Crippen LogP contribution in [0.3, 0.4) is 0 Å². The molecule has 6 heteroatoms. The molecule has 32 heavy (non-hydrogen) atoms. The zero-order chi connectivity index (χ0) is 22.9. The standard InChI is InChI=1S/C26H28N2O3S/c1-17-20(18-9-6-5-7-10-18)11-8-12-21(17)27-24(29)22-15-19-13-14-28(16-23(19)32-22)25(30)31-26(2,3)4/h5-12,15H,13-14,16H2,1-4H3,(H,27,29). The third-order valence-corrected chi connectivity index (χ3v) is 6.59. The Kier molecular flexibility index (Phi) is 6.07. The maximum Gasteiger partial charge on any atom is 0.410 e. The van der Waals surface area contributed by atoms with Crippen LogP contribution < -0.4 is 5.32 Å². The van der Waals surface area contributed by atoms with Crippen LogP contribution in [0.1, 0.15) is 46.4 Å². The number of rotatable bonds is 3. The summed E-state index contributed by atoms with van der Waals surface area (Å²) < 4.78 is 5.50. The minimum Gasteiger partial charge on any atom is -0.444 e. The Hall–Kier alpha value is -3.12. The van der Waals surface area contributed by atoms with Crippen LogP contribution in [0.25, 0.3) is 11.1 Å². The lowest BCUT2D eigenvalue weighted by Crippen LogP contribution is -2.39. The normalized spacial score (nSPS) is 13.4. The molecule has 0 spiro atoms. The molecule has 0 atom stereocenters. The van der Waals surface area contributed by atoms with Gasteiger partial charge in [0, 0.05) is 17.1 Å². The Morgan fingerprint density at radius 1 is 1.06 bits per heavy atom. The summed E-state index contributed by atoms with van der Waals surface area (Å²) in [4.78, 5) is 28.9. The van der Waals surface area contributed by atoms with Crippen molar-refractivity contribution in [3.63, 3.8) is 0 Å². The first-order valence-electron chi connectivity index (χ1n) is 10.8. The van der Waals surface area contributed by atoms with Crippen molar-refractivity contribution < 1.29 is 14.3 Å². The molecule has 0 fully saturated rings. The second-order valence-corrected chi connectivity index (χ2v) is 10.1. The fourth-order valence-corrected chi connectivity index (χ4v) is 4.92. The second-order valence-electron chi connectivity index (χ2n) is 9.01. The van der Waals surface area contributed by atoms with Crippen LogP contribution in [0.4, 0.5) is 10.5 Å². The highest BCUT2D eigenvalue weighted by Crippen LogP contribution is 2.32. The molecule has 1 aromatic heterocycles. The van der Waals surface area contributed by atoms with Crippen LogP contribution in [0, 0.1) is 6.92 Å². The average molecular weight is 449 g/mol. The average Bonchev–Trinajstić information content (AvgIpc) is 3.18. The van der Waals surface area contributed by atoms with E-state index < -0.39 is 5.60 Å². The predicted molar refractivity (Wildman–Crippen MR) is 129 cm³/mol. The molecule has 2 amide bonds. The van der Waals surface area contributed by atoms with Crippen molar-refractivity contribution in [2.45, 2.75) is 46.3 Å². The van der Waals surface area contributed by atoms with Crippen LogP contribution in [-0.2, 0) is 17.7 Å². The van der Waals surface area contributed by atoms with Gasteiger partial charge < -0.3 is 15.0 Å². The van der Waals surface area contributed by atoms with E-state index in [-0.39, 0.29) is 12.0 Å². The molecular formula is C26H28N2O3S.